The predicted octanol–water partition coefficient (Wildman–Crippen LogP) is 2.16. The molecule has 0 aliphatic rings. The molecule has 0 saturated heterocycles. The van der Waals surface area contributed by atoms with Crippen LogP contribution in [0.3, 0.4) is 0 Å². The fourth-order valence-electron chi connectivity index (χ4n) is 1.92. The van der Waals surface area contributed by atoms with E-state index >= 15 is 0 Å². The Morgan fingerprint density at radius 1 is 1.29 bits per heavy atom. The molecule has 3 nitrogen and oxygen atoms in total. The highest BCUT2D eigenvalue weighted by atomic mass is 16.5. The highest BCUT2D eigenvalue weighted by molar-refractivity contribution is 5.81. The van der Waals surface area contributed by atoms with Crippen LogP contribution in [0.1, 0.15) is 25.8 Å². The number of likely N-dealkylation sites (N-methyl/N-ethyl adjacent to an activating group) is 1. The van der Waals surface area contributed by atoms with E-state index in [9.17, 15) is 4.79 Å². The van der Waals surface area contributed by atoms with Gasteiger partial charge < -0.3 is 10.1 Å². The molecule has 0 fully saturated rings. The molecule has 0 heterocycles. The van der Waals surface area contributed by atoms with Gasteiger partial charge in [0.1, 0.15) is 5.54 Å². The van der Waals surface area contributed by atoms with Crippen molar-refractivity contribution in [3.63, 3.8) is 0 Å². The van der Waals surface area contributed by atoms with Crippen molar-refractivity contribution in [2.75, 3.05) is 13.7 Å². The average Bonchev–Trinajstić information content (AvgIpc) is 2.37. The van der Waals surface area contributed by atoms with Crippen LogP contribution in [0.15, 0.2) is 30.3 Å². The van der Waals surface area contributed by atoms with Gasteiger partial charge in [-0.15, -0.1) is 0 Å². The van der Waals surface area contributed by atoms with Gasteiger partial charge in [0.25, 0.3) is 0 Å². The highest BCUT2D eigenvalue weighted by Gasteiger charge is 2.36. The molecule has 17 heavy (non-hydrogen) atoms. The van der Waals surface area contributed by atoms with Gasteiger partial charge in [-0.25, -0.2) is 0 Å². The van der Waals surface area contributed by atoms with E-state index in [0.717, 1.165) is 5.56 Å². The van der Waals surface area contributed by atoms with E-state index in [4.69, 9.17) is 4.74 Å². The van der Waals surface area contributed by atoms with Crippen LogP contribution in [-0.4, -0.2) is 25.2 Å². The fourth-order valence-corrected chi connectivity index (χ4v) is 1.92. The standard InChI is InChI=1S/C14H21NO2/c1-4-14(15-3,13(16)17-5-2)11-12-9-7-6-8-10-12/h6-10,15H,4-5,11H2,1-3H3. The van der Waals surface area contributed by atoms with E-state index in [2.05, 4.69) is 5.32 Å². The minimum absolute atomic E-state index is 0.172. The van der Waals surface area contributed by atoms with E-state index in [-0.39, 0.29) is 5.97 Å². The van der Waals surface area contributed by atoms with Gasteiger partial charge in [0.15, 0.2) is 0 Å². The zero-order chi connectivity index (χ0) is 12.7. The Balaban J connectivity index is 2.88. The SMILES string of the molecule is CCOC(=O)C(CC)(Cc1ccccc1)NC. The Bertz CT molecular complexity index is 344. The average molecular weight is 235 g/mol. The monoisotopic (exact) mass is 235 g/mol. The van der Waals surface area contributed by atoms with Crippen LogP contribution < -0.4 is 5.32 Å². The summed E-state index contributed by atoms with van der Waals surface area (Å²) in [6.45, 7) is 4.24. The Hall–Kier alpha value is -1.35. The normalized spacial score (nSPS) is 14.1. The van der Waals surface area contributed by atoms with E-state index in [1.807, 2.05) is 51.2 Å². The van der Waals surface area contributed by atoms with Gasteiger partial charge in [0.2, 0.25) is 0 Å². The third kappa shape index (κ3) is 3.30. The molecular formula is C14H21NO2. The molecule has 0 aliphatic heterocycles. The molecule has 0 aromatic heterocycles. The molecule has 0 saturated carbocycles. The van der Waals surface area contributed by atoms with Crippen LogP contribution in [0.4, 0.5) is 0 Å². The van der Waals surface area contributed by atoms with Crippen LogP contribution in [-0.2, 0) is 16.0 Å². The summed E-state index contributed by atoms with van der Waals surface area (Å²) in [7, 11) is 1.81. The second kappa shape index (κ2) is 6.40. The molecule has 94 valence electrons. The number of hydrogen-bond acceptors (Lipinski definition) is 3. The largest absolute Gasteiger partial charge is 0.465 e. The maximum Gasteiger partial charge on any atom is 0.326 e. The third-order valence-corrected chi connectivity index (χ3v) is 3.10. The van der Waals surface area contributed by atoms with Crippen LogP contribution >= 0.6 is 0 Å². The van der Waals surface area contributed by atoms with E-state index < -0.39 is 5.54 Å². The van der Waals surface area contributed by atoms with Crippen LogP contribution in [0.25, 0.3) is 0 Å². The summed E-state index contributed by atoms with van der Waals surface area (Å²) in [6.07, 6.45) is 1.36. The second-order valence-corrected chi connectivity index (χ2v) is 4.07. The number of nitrogens with one attached hydrogen (secondary N) is 1. The Morgan fingerprint density at radius 3 is 2.41 bits per heavy atom. The summed E-state index contributed by atoms with van der Waals surface area (Å²) in [5.74, 6) is -0.172. The molecule has 0 amide bonds. The summed E-state index contributed by atoms with van der Waals surface area (Å²) < 4.78 is 5.16. The van der Waals surface area contributed by atoms with Gasteiger partial charge in [-0.05, 0) is 26.0 Å². The first-order chi connectivity index (χ1) is 8.18. The number of carbonyl (C=O) groups is 1. The van der Waals surface area contributed by atoms with Crippen molar-refractivity contribution in [3.8, 4) is 0 Å². The van der Waals surface area contributed by atoms with Crippen molar-refractivity contribution in [1.29, 1.82) is 0 Å². The molecule has 1 aromatic carbocycles. The van der Waals surface area contributed by atoms with E-state index in [1.54, 1.807) is 0 Å². The van der Waals surface area contributed by atoms with Crippen molar-refractivity contribution in [2.24, 2.45) is 0 Å². The number of carbonyl (C=O) groups excluding carboxylic acids is 1. The predicted molar refractivity (Wildman–Crippen MR) is 68.9 cm³/mol. The van der Waals surface area contributed by atoms with Gasteiger partial charge in [-0.2, -0.15) is 0 Å². The first kappa shape index (κ1) is 13.7. The Labute approximate surface area is 103 Å². The molecule has 0 aliphatic carbocycles. The summed E-state index contributed by atoms with van der Waals surface area (Å²) in [4.78, 5) is 12.0. The maximum atomic E-state index is 12.0. The molecule has 0 bridgehead atoms. The molecule has 1 rings (SSSR count). The topological polar surface area (TPSA) is 38.3 Å². The van der Waals surface area contributed by atoms with Crippen LogP contribution in [0.5, 0.6) is 0 Å². The van der Waals surface area contributed by atoms with Crippen LogP contribution in [0.2, 0.25) is 0 Å². The molecule has 0 radical (unpaired) electrons. The number of hydrogen-bond donors (Lipinski definition) is 1. The first-order valence-electron chi connectivity index (χ1n) is 6.08. The minimum Gasteiger partial charge on any atom is -0.465 e. The quantitative estimate of drug-likeness (QED) is 0.768. The first-order valence-corrected chi connectivity index (χ1v) is 6.08. The molecule has 1 atom stereocenters. The van der Waals surface area contributed by atoms with Gasteiger partial charge in [-0.3, -0.25) is 4.79 Å². The molecule has 1 N–H and O–H groups in total. The van der Waals surface area contributed by atoms with Gasteiger partial charge >= 0.3 is 5.97 Å². The lowest BCUT2D eigenvalue weighted by molar-refractivity contribution is -0.151. The molecular weight excluding hydrogens is 214 g/mol. The zero-order valence-corrected chi connectivity index (χ0v) is 10.8. The zero-order valence-electron chi connectivity index (χ0n) is 10.8. The molecule has 1 unspecified atom stereocenters. The fraction of sp³-hybridized carbons (Fsp3) is 0.500. The molecule has 1 aromatic rings. The van der Waals surface area contributed by atoms with Crippen LogP contribution in [0, 0.1) is 0 Å². The Morgan fingerprint density at radius 2 is 1.94 bits per heavy atom. The number of benzene rings is 1. The van der Waals surface area contributed by atoms with Gasteiger partial charge in [0, 0.05) is 6.42 Å². The van der Waals surface area contributed by atoms with E-state index in [1.165, 1.54) is 0 Å². The summed E-state index contributed by atoms with van der Waals surface area (Å²) in [5, 5.41) is 3.12. The summed E-state index contributed by atoms with van der Waals surface area (Å²) in [6, 6.07) is 10.00. The third-order valence-electron chi connectivity index (χ3n) is 3.10. The molecule has 0 spiro atoms. The summed E-state index contributed by atoms with van der Waals surface area (Å²) in [5.41, 5.74) is 0.522. The number of esters is 1. The van der Waals surface area contributed by atoms with Crippen molar-refractivity contribution in [3.05, 3.63) is 35.9 Å². The Kier molecular flexibility index (Phi) is 5.16. The number of ether oxygens (including phenoxy) is 1. The van der Waals surface area contributed by atoms with Gasteiger partial charge in [0.05, 0.1) is 6.61 Å². The lowest BCUT2D eigenvalue weighted by Gasteiger charge is -2.30. The van der Waals surface area contributed by atoms with Crippen molar-refractivity contribution in [2.45, 2.75) is 32.2 Å². The smallest absolute Gasteiger partial charge is 0.326 e. The highest BCUT2D eigenvalue weighted by Crippen LogP contribution is 2.19. The lowest BCUT2D eigenvalue weighted by atomic mass is 9.88. The van der Waals surface area contributed by atoms with Crippen molar-refractivity contribution >= 4 is 5.97 Å². The number of rotatable bonds is 6. The molecule has 3 heteroatoms. The van der Waals surface area contributed by atoms with Crippen molar-refractivity contribution < 1.29 is 9.53 Å². The van der Waals surface area contributed by atoms with E-state index in [0.29, 0.717) is 19.4 Å². The minimum atomic E-state index is -0.614. The van der Waals surface area contributed by atoms with Gasteiger partial charge in [-0.1, -0.05) is 37.3 Å². The lowest BCUT2D eigenvalue weighted by Crippen LogP contribution is -2.52. The summed E-state index contributed by atoms with van der Waals surface area (Å²) >= 11 is 0. The van der Waals surface area contributed by atoms with Crippen molar-refractivity contribution in [1.82, 2.24) is 5.32 Å². The second-order valence-electron chi connectivity index (χ2n) is 4.07. The maximum absolute atomic E-state index is 12.0.